The lowest BCUT2D eigenvalue weighted by molar-refractivity contribution is 0.0955. The molecule has 0 bridgehead atoms. The zero-order chi connectivity index (χ0) is 12.1. The largest absolute Gasteiger partial charge is 0.507 e. The van der Waals surface area contributed by atoms with E-state index in [1.165, 1.54) is 6.07 Å². The average molecular weight is 284 g/mol. The summed E-state index contributed by atoms with van der Waals surface area (Å²) in [5.41, 5.74) is 1.42. The van der Waals surface area contributed by atoms with Crippen molar-refractivity contribution < 1.29 is 9.90 Å². The van der Waals surface area contributed by atoms with Crippen LogP contribution in [-0.4, -0.2) is 17.6 Å². The van der Waals surface area contributed by atoms with Crippen molar-refractivity contribution in [2.24, 2.45) is 0 Å². The zero-order valence-electron chi connectivity index (χ0n) is 9.25. The minimum absolute atomic E-state index is 0.0240. The Labute approximate surface area is 103 Å². The number of carbonyl (C=O) groups excluding carboxylic acids is 1. The van der Waals surface area contributed by atoms with Gasteiger partial charge in [0.25, 0.3) is 5.91 Å². The first-order valence-electron chi connectivity index (χ1n) is 4.91. The smallest absolute Gasteiger partial charge is 0.255 e. The third-order valence-corrected chi connectivity index (χ3v) is 2.47. The summed E-state index contributed by atoms with van der Waals surface area (Å²) in [6.07, 6.45) is 1.91. The van der Waals surface area contributed by atoms with Gasteiger partial charge in [-0.05, 0) is 32.0 Å². The molecule has 16 heavy (non-hydrogen) atoms. The summed E-state index contributed by atoms with van der Waals surface area (Å²) < 4.78 is 0.742. The molecule has 4 heteroatoms. The van der Waals surface area contributed by atoms with Gasteiger partial charge in [-0.15, -0.1) is 0 Å². The SMILES string of the molecule is CC(C)=CCNC(=O)c1ccc(Br)cc1O. The minimum atomic E-state index is -0.275. The fraction of sp³-hybridized carbons (Fsp3) is 0.250. The number of rotatable bonds is 3. The van der Waals surface area contributed by atoms with Gasteiger partial charge in [0.1, 0.15) is 5.75 Å². The van der Waals surface area contributed by atoms with Crippen molar-refractivity contribution in [3.8, 4) is 5.75 Å². The van der Waals surface area contributed by atoms with E-state index in [1.54, 1.807) is 12.1 Å². The van der Waals surface area contributed by atoms with Gasteiger partial charge in [-0.3, -0.25) is 4.79 Å². The highest BCUT2D eigenvalue weighted by atomic mass is 79.9. The molecule has 0 aromatic heterocycles. The Morgan fingerprint density at radius 1 is 1.50 bits per heavy atom. The third-order valence-electron chi connectivity index (χ3n) is 1.98. The molecule has 0 heterocycles. The van der Waals surface area contributed by atoms with Crippen LogP contribution in [0.25, 0.3) is 0 Å². The lowest BCUT2D eigenvalue weighted by Crippen LogP contribution is -2.23. The molecular formula is C12H14BrNO2. The van der Waals surface area contributed by atoms with Crippen LogP contribution in [0.4, 0.5) is 0 Å². The Balaban J connectivity index is 2.70. The van der Waals surface area contributed by atoms with Crippen molar-refractivity contribution in [1.82, 2.24) is 5.32 Å². The highest BCUT2D eigenvalue weighted by molar-refractivity contribution is 9.10. The van der Waals surface area contributed by atoms with E-state index in [0.717, 1.165) is 10.0 Å². The van der Waals surface area contributed by atoms with Crippen LogP contribution in [0.3, 0.4) is 0 Å². The highest BCUT2D eigenvalue weighted by Crippen LogP contribution is 2.21. The summed E-state index contributed by atoms with van der Waals surface area (Å²) in [5.74, 6) is -0.299. The van der Waals surface area contributed by atoms with Crippen molar-refractivity contribution in [3.05, 3.63) is 39.9 Å². The summed E-state index contributed by atoms with van der Waals surface area (Å²) in [6.45, 7) is 4.39. The molecule has 0 aliphatic rings. The van der Waals surface area contributed by atoms with E-state index in [-0.39, 0.29) is 17.2 Å². The molecule has 0 fully saturated rings. The fourth-order valence-electron chi connectivity index (χ4n) is 1.14. The Bertz CT molecular complexity index is 423. The Morgan fingerprint density at radius 3 is 2.75 bits per heavy atom. The topological polar surface area (TPSA) is 49.3 Å². The maximum absolute atomic E-state index is 11.6. The second kappa shape index (κ2) is 5.70. The number of benzene rings is 1. The van der Waals surface area contributed by atoms with Gasteiger partial charge in [0.15, 0.2) is 0 Å². The number of hydrogen-bond acceptors (Lipinski definition) is 2. The van der Waals surface area contributed by atoms with Gasteiger partial charge in [-0.2, -0.15) is 0 Å². The third kappa shape index (κ3) is 3.70. The van der Waals surface area contributed by atoms with Crippen molar-refractivity contribution in [2.75, 3.05) is 6.54 Å². The second-order valence-electron chi connectivity index (χ2n) is 3.65. The molecule has 1 aromatic rings. The molecule has 0 saturated heterocycles. The fourth-order valence-corrected chi connectivity index (χ4v) is 1.49. The molecule has 0 unspecified atom stereocenters. The number of allylic oxidation sites excluding steroid dienone is 1. The Kier molecular flexibility index (Phi) is 4.55. The summed E-state index contributed by atoms with van der Waals surface area (Å²) in [5, 5.41) is 12.3. The number of phenolic OH excluding ortho intramolecular Hbond substituents is 1. The van der Waals surface area contributed by atoms with Gasteiger partial charge < -0.3 is 10.4 Å². The van der Waals surface area contributed by atoms with E-state index in [4.69, 9.17) is 0 Å². The first kappa shape index (κ1) is 12.8. The monoisotopic (exact) mass is 283 g/mol. The maximum atomic E-state index is 11.6. The van der Waals surface area contributed by atoms with Crippen molar-refractivity contribution in [1.29, 1.82) is 0 Å². The lowest BCUT2D eigenvalue weighted by atomic mass is 10.2. The van der Waals surface area contributed by atoms with Crippen LogP contribution in [0.15, 0.2) is 34.3 Å². The van der Waals surface area contributed by atoms with E-state index in [1.807, 2.05) is 19.9 Å². The summed E-state index contributed by atoms with van der Waals surface area (Å²) in [4.78, 5) is 11.6. The highest BCUT2D eigenvalue weighted by Gasteiger charge is 2.09. The zero-order valence-corrected chi connectivity index (χ0v) is 10.8. The number of hydrogen-bond donors (Lipinski definition) is 2. The molecule has 1 rings (SSSR count). The van der Waals surface area contributed by atoms with Gasteiger partial charge in [0, 0.05) is 11.0 Å². The van der Waals surface area contributed by atoms with Crippen molar-refractivity contribution in [3.63, 3.8) is 0 Å². The van der Waals surface area contributed by atoms with E-state index >= 15 is 0 Å². The molecule has 0 atom stereocenters. The van der Waals surface area contributed by atoms with Gasteiger partial charge >= 0.3 is 0 Å². The predicted molar refractivity (Wildman–Crippen MR) is 67.6 cm³/mol. The first-order valence-corrected chi connectivity index (χ1v) is 5.70. The molecule has 0 aliphatic heterocycles. The number of aromatic hydroxyl groups is 1. The first-order chi connectivity index (χ1) is 7.50. The quantitative estimate of drug-likeness (QED) is 0.838. The number of nitrogens with one attached hydrogen (secondary N) is 1. The van der Waals surface area contributed by atoms with E-state index in [2.05, 4.69) is 21.2 Å². The summed E-state index contributed by atoms with van der Waals surface area (Å²) >= 11 is 3.22. The molecular weight excluding hydrogens is 270 g/mol. The number of halogens is 1. The number of amides is 1. The van der Waals surface area contributed by atoms with Crippen LogP contribution in [0, 0.1) is 0 Å². The van der Waals surface area contributed by atoms with Crippen LogP contribution in [0.2, 0.25) is 0 Å². The van der Waals surface area contributed by atoms with E-state index in [0.29, 0.717) is 6.54 Å². The molecule has 3 nitrogen and oxygen atoms in total. The molecule has 2 N–H and O–H groups in total. The van der Waals surface area contributed by atoms with Crippen LogP contribution in [0.1, 0.15) is 24.2 Å². The Hall–Kier alpha value is -1.29. The molecule has 0 aliphatic carbocycles. The number of carbonyl (C=O) groups is 1. The maximum Gasteiger partial charge on any atom is 0.255 e. The van der Waals surface area contributed by atoms with Gasteiger partial charge in [0.2, 0.25) is 0 Å². The van der Waals surface area contributed by atoms with Crippen molar-refractivity contribution in [2.45, 2.75) is 13.8 Å². The van der Waals surface area contributed by atoms with Gasteiger partial charge in [0.05, 0.1) is 5.56 Å². The van der Waals surface area contributed by atoms with Gasteiger partial charge in [-0.1, -0.05) is 27.6 Å². The molecule has 1 amide bonds. The number of phenols is 1. The summed E-state index contributed by atoms with van der Waals surface area (Å²) in [7, 11) is 0. The molecule has 86 valence electrons. The normalized spacial score (nSPS) is 9.69. The standard InChI is InChI=1S/C12H14BrNO2/c1-8(2)5-6-14-12(16)10-4-3-9(13)7-11(10)15/h3-5,7,15H,6H2,1-2H3,(H,14,16). The van der Waals surface area contributed by atoms with Crippen LogP contribution < -0.4 is 5.32 Å². The lowest BCUT2D eigenvalue weighted by Gasteiger charge is -2.05. The molecule has 0 spiro atoms. The molecule has 1 aromatic carbocycles. The minimum Gasteiger partial charge on any atom is -0.507 e. The Morgan fingerprint density at radius 2 is 2.19 bits per heavy atom. The van der Waals surface area contributed by atoms with E-state index in [9.17, 15) is 9.90 Å². The van der Waals surface area contributed by atoms with E-state index < -0.39 is 0 Å². The molecule has 0 radical (unpaired) electrons. The average Bonchev–Trinajstić information content (AvgIpc) is 2.16. The van der Waals surface area contributed by atoms with Crippen LogP contribution in [0.5, 0.6) is 5.75 Å². The van der Waals surface area contributed by atoms with Crippen LogP contribution >= 0.6 is 15.9 Å². The van der Waals surface area contributed by atoms with Crippen LogP contribution in [-0.2, 0) is 0 Å². The second-order valence-corrected chi connectivity index (χ2v) is 4.57. The van der Waals surface area contributed by atoms with Crippen molar-refractivity contribution >= 4 is 21.8 Å². The van der Waals surface area contributed by atoms with Gasteiger partial charge in [-0.25, -0.2) is 0 Å². The molecule has 0 saturated carbocycles. The summed E-state index contributed by atoms with van der Waals surface area (Å²) in [6, 6.07) is 4.79. The predicted octanol–water partition coefficient (Wildman–Crippen LogP) is 2.85.